The van der Waals surface area contributed by atoms with Crippen LogP contribution in [0.15, 0.2) is 0 Å². The Morgan fingerprint density at radius 1 is 1.89 bits per heavy atom. The molecule has 1 rings (SSSR count). The predicted octanol–water partition coefficient (Wildman–Crippen LogP) is 0.567. The van der Waals surface area contributed by atoms with Gasteiger partial charge in [0.1, 0.15) is 0 Å². The molecule has 1 aliphatic rings. The molecule has 0 aliphatic carbocycles. The van der Waals surface area contributed by atoms with Gasteiger partial charge in [0.05, 0.1) is 0 Å². The quantitative estimate of drug-likeness (QED) is 0.596. The Morgan fingerprint density at radius 3 is 3.00 bits per heavy atom. The maximum absolute atomic E-state index is 3.33. The lowest BCUT2D eigenvalue weighted by Crippen LogP contribution is -2.53. The fourth-order valence-corrected chi connectivity index (χ4v) is 1.69. The molecular weight excluding hydrogens is 150 g/mol. The molecule has 0 bridgehead atoms. The summed E-state index contributed by atoms with van der Waals surface area (Å²) in [6.07, 6.45) is 0. The van der Waals surface area contributed by atoms with E-state index in [2.05, 4.69) is 26.3 Å². The van der Waals surface area contributed by atoms with Crippen LogP contribution in [0.4, 0.5) is 0 Å². The molecule has 1 heterocycles. The molecule has 54 valence electrons. The molecule has 1 fully saturated rings. The fourth-order valence-electron chi connectivity index (χ4n) is 0.959. The van der Waals surface area contributed by atoms with Crippen LogP contribution in [0.1, 0.15) is 6.92 Å². The Kier molecular flexibility index (Phi) is 3.35. The van der Waals surface area contributed by atoms with Crippen molar-refractivity contribution in [3.05, 3.63) is 0 Å². The maximum Gasteiger partial charge on any atom is 0.00915 e. The van der Waals surface area contributed by atoms with Gasteiger partial charge in [-0.1, -0.05) is 8.93 Å². The second-order valence-electron chi connectivity index (χ2n) is 2.48. The Morgan fingerprint density at radius 2 is 2.67 bits per heavy atom. The summed E-state index contributed by atoms with van der Waals surface area (Å²) in [6, 6.07) is 0.735. The van der Waals surface area contributed by atoms with E-state index < -0.39 is 0 Å². The standard InChI is InChI=1S/C5H14N2P2/c1-4-5(2-6-4)3-7-9-8/h4-7,9H,2-3,8H2,1H3. The van der Waals surface area contributed by atoms with Crippen LogP contribution in [-0.2, 0) is 0 Å². The SMILES string of the molecule is CC1NCC1CNPP. The van der Waals surface area contributed by atoms with E-state index in [0.717, 1.165) is 20.4 Å². The first-order valence-corrected chi connectivity index (χ1v) is 6.07. The van der Waals surface area contributed by atoms with Gasteiger partial charge in [-0.3, -0.25) is 5.09 Å². The highest BCUT2D eigenvalue weighted by Gasteiger charge is 2.24. The maximum atomic E-state index is 3.33. The van der Waals surface area contributed by atoms with Crippen LogP contribution in [0.25, 0.3) is 0 Å². The molecule has 4 atom stereocenters. The topological polar surface area (TPSA) is 24.1 Å². The summed E-state index contributed by atoms with van der Waals surface area (Å²) in [4.78, 5) is 0. The Balaban J connectivity index is 1.99. The van der Waals surface area contributed by atoms with E-state index in [9.17, 15) is 0 Å². The van der Waals surface area contributed by atoms with Gasteiger partial charge in [-0.15, -0.1) is 0 Å². The van der Waals surface area contributed by atoms with Crippen LogP contribution >= 0.6 is 17.3 Å². The molecule has 0 amide bonds. The molecule has 0 aromatic heterocycles. The highest BCUT2D eigenvalue weighted by Crippen LogP contribution is 2.17. The van der Waals surface area contributed by atoms with Crippen molar-refractivity contribution in [2.45, 2.75) is 13.0 Å². The summed E-state index contributed by atoms with van der Waals surface area (Å²) in [5, 5.41) is 6.65. The summed E-state index contributed by atoms with van der Waals surface area (Å²) >= 11 is 0. The van der Waals surface area contributed by atoms with Crippen molar-refractivity contribution in [2.75, 3.05) is 13.1 Å². The van der Waals surface area contributed by atoms with E-state index in [-0.39, 0.29) is 0 Å². The van der Waals surface area contributed by atoms with Gasteiger partial charge in [0.15, 0.2) is 0 Å². The minimum absolute atomic E-state index is 0.735. The normalized spacial score (nSPS) is 35.3. The fraction of sp³-hybridized carbons (Fsp3) is 1.00. The first kappa shape index (κ1) is 7.88. The van der Waals surface area contributed by atoms with Gasteiger partial charge in [-0.2, -0.15) is 0 Å². The highest BCUT2D eigenvalue weighted by molar-refractivity contribution is 8.01. The van der Waals surface area contributed by atoms with Crippen LogP contribution in [0.5, 0.6) is 0 Å². The number of rotatable bonds is 3. The van der Waals surface area contributed by atoms with Crippen molar-refractivity contribution in [3.8, 4) is 0 Å². The predicted molar refractivity (Wildman–Crippen MR) is 47.0 cm³/mol. The number of nitrogens with one attached hydrogen (secondary N) is 2. The Bertz CT molecular complexity index is 89.0. The summed E-state index contributed by atoms with van der Waals surface area (Å²) < 4.78 is 0. The molecule has 0 aromatic rings. The molecule has 0 saturated carbocycles. The molecule has 9 heavy (non-hydrogen) atoms. The van der Waals surface area contributed by atoms with Crippen LogP contribution in [0.2, 0.25) is 0 Å². The van der Waals surface area contributed by atoms with Crippen LogP contribution in [0.3, 0.4) is 0 Å². The van der Waals surface area contributed by atoms with E-state index in [1.54, 1.807) is 0 Å². The zero-order valence-corrected chi connectivity index (χ0v) is 7.80. The third kappa shape index (κ3) is 2.13. The summed E-state index contributed by atoms with van der Waals surface area (Å²) in [6.45, 7) is 4.61. The lowest BCUT2D eigenvalue weighted by molar-refractivity contribution is 0.254. The molecule has 0 spiro atoms. The summed E-state index contributed by atoms with van der Waals surface area (Å²) in [7, 11) is 3.51. The third-order valence-corrected chi connectivity index (χ3v) is 2.90. The van der Waals surface area contributed by atoms with E-state index in [1.807, 2.05) is 0 Å². The van der Waals surface area contributed by atoms with Gasteiger partial charge in [0.2, 0.25) is 0 Å². The molecule has 1 aliphatic heterocycles. The van der Waals surface area contributed by atoms with Crippen molar-refractivity contribution in [1.82, 2.24) is 10.4 Å². The minimum atomic E-state index is 0.735. The van der Waals surface area contributed by atoms with Gasteiger partial charge in [0, 0.05) is 19.1 Å². The average molecular weight is 164 g/mol. The third-order valence-electron chi connectivity index (χ3n) is 1.88. The van der Waals surface area contributed by atoms with E-state index in [0.29, 0.717) is 0 Å². The van der Waals surface area contributed by atoms with Crippen molar-refractivity contribution in [2.24, 2.45) is 5.92 Å². The van der Waals surface area contributed by atoms with Gasteiger partial charge >= 0.3 is 0 Å². The highest BCUT2D eigenvalue weighted by atomic mass is 32.0. The van der Waals surface area contributed by atoms with Crippen LogP contribution in [0, 0.1) is 5.92 Å². The molecule has 0 aromatic carbocycles. The second kappa shape index (κ2) is 3.83. The second-order valence-corrected chi connectivity index (χ2v) is 3.99. The molecular formula is C5H14N2P2. The van der Waals surface area contributed by atoms with Crippen molar-refractivity contribution >= 4 is 17.3 Å². The van der Waals surface area contributed by atoms with Crippen LogP contribution < -0.4 is 10.4 Å². The first-order valence-electron chi connectivity index (χ1n) is 3.26. The van der Waals surface area contributed by atoms with Crippen molar-refractivity contribution in [3.63, 3.8) is 0 Å². The molecule has 4 unspecified atom stereocenters. The molecule has 2 nitrogen and oxygen atoms in total. The largest absolute Gasteiger partial charge is 0.313 e. The first-order chi connectivity index (χ1) is 4.34. The van der Waals surface area contributed by atoms with Gasteiger partial charge in [-0.05, 0) is 21.3 Å². The van der Waals surface area contributed by atoms with E-state index in [1.165, 1.54) is 13.1 Å². The zero-order chi connectivity index (χ0) is 6.69. The van der Waals surface area contributed by atoms with Gasteiger partial charge in [-0.25, -0.2) is 0 Å². The number of hydrogen-bond donors (Lipinski definition) is 2. The Hall–Kier alpha value is 0.780. The zero-order valence-electron chi connectivity index (χ0n) is 5.65. The van der Waals surface area contributed by atoms with Crippen molar-refractivity contribution in [1.29, 1.82) is 0 Å². The Labute approximate surface area is 60.5 Å². The molecule has 1 saturated heterocycles. The molecule has 4 heteroatoms. The lowest BCUT2D eigenvalue weighted by Gasteiger charge is -2.35. The lowest BCUT2D eigenvalue weighted by atomic mass is 9.94. The monoisotopic (exact) mass is 164 g/mol. The summed E-state index contributed by atoms with van der Waals surface area (Å²) in [5.74, 6) is 0.873. The van der Waals surface area contributed by atoms with Gasteiger partial charge in [0.25, 0.3) is 0 Å². The number of hydrogen-bond acceptors (Lipinski definition) is 2. The van der Waals surface area contributed by atoms with Crippen LogP contribution in [-0.4, -0.2) is 19.1 Å². The molecule has 0 radical (unpaired) electrons. The molecule has 2 N–H and O–H groups in total. The van der Waals surface area contributed by atoms with Crippen molar-refractivity contribution < 1.29 is 0 Å². The van der Waals surface area contributed by atoms with Gasteiger partial charge < -0.3 is 5.32 Å². The van der Waals surface area contributed by atoms with E-state index >= 15 is 0 Å². The smallest absolute Gasteiger partial charge is 0.00915 e. The minimum Gasteiger partial charge on any atom is -0.313 e. The summed E-state index contributed by atoms with van der Waals surface area (Å²) in [5.41, 5.74) is 0. The average Bonchev–Trinajstić information content (AvgIpc) is 1.86. The van der Waals surface area contributed by atoms with E-state index in [4.69, 9.17) is 0 Å².